The summed E-state index contributed by atoms with van der Waals surface area (Å²) < 4.78 is 18.0. The molecule has 1 fully saturated rings. The number of piperidine rings is 1. The van der Waals surface area contributed by atoms with Crippen molar-refractivity contribution in [3.05, 3.63) is 60.0 Å². The molecule has 8 heteroatoms. The number of hydrogen-bond donors (Lipinski definition) is 2. The first-order chi connectivity index (χ1) is 15.6. The first-order valence-electron chi connectivity index (χ1n) is 10.8. The third-order valence-electron chi connectivity index (χ3n) is 5.97. The van der Waals surface area contributed by atoms with Crippen molar-refractivity contribution in [1.82, 2.24) is 24.9 Å². The number of aryl methyl sites for hydroxylation is 1. The zero-order valence-electron chi connectivity index (χ0n) is 17.8. The molecule has 0 aliphatic carbocycles. The number of nitriles is 1. The number of hydrogen-bond acceptors (Lipinski definition) is 5. The van der Waals surface area contributed by atoms with Gasteiger partial charge in [0.05, 0.1) is 22.5 Å². The molecule has 32 heavy (non-hydrogen) atoms. The van der Waals surface area contributed by atoms with Gasteiger partial charge < -0.3 is 10.6 Å². The molecular weight excluding hydrogens is 405 g/mol. The highest BCUT2D eigenvalue weighted by atomic mass is 19.1. The van der Waals surface area contributed by atoms with Crippen molar-refractivity contribution in [2.24, 2.45) is 13.0 Å². The molecule has 162 valence electrons. The standard InChI is InChI=1S/C24H24FN7/c1-31-15-19-10-20(4-5-22(19)29-31)32-23(17-2-3-18(13-26)21(25)11-17)12-24(30-32)28-14-16-6-8-27-9-7-16/h2-5,10-12,15-16,27H,6-9,14H2,1H3,(H,28,30). The minimum absolute atomic E-state index is 0.0286. The van der Waals surface area contributed by atoms with E-state index >= 15 is 0 Å². The van der Waals surface area contributed by atoms with Crippen molar-refractivity contribution in [2.75, 3.05) is 25.0 Å². The Kier molecular flexibility index (Phi) is 5.33. The number of nitrogens with zero attached hydrogens (tertiary/aromatic N) is 5. The molecule has 0 saturated carbocycles. The Morgan fingerprint density at radius 1 is 1.16 bits per heavy atom. The van der Waals surface area contributed by atoms with Gasteiger partial charge in [-0.25, -0.2) is 9.07 Å². The smallest absolute Gasteiger partial charge is 0.149 e. The number of aromatic nitrogens is 4. The van der Waals surface area contributed by atoms with E-state index in [1.165, 1.54) is 12.1 Å². The van der Waals surface area contributed by atoms with E-state index in [0.29, 0.717) is 11.5 Å². The van der Waals surface area contributed by atoms with Gasteiger partial charge in [0.1, 0.15) is 17.7 Å². The van der Waals surface area contributed by atoms with Crippen LogP contribution in [0.25, 0.3) is 27.8 Å². The molecule has 0 spiro atoms. The Morgan fingerprint density at radius 2 is 2.00 bits per heavy atom. The third kappa shape index (κ3) is 3.95. The first kappa shape index (κ1) is 20.2. The van der Waals surface area contributed by atoms with Gasteiger partial charge in [0.15, 0.2) is 0 Å². The van der Waals surface area contributed by atoms with Crippen LogP contribution in [0.15, 0.2) is 48.7 Å². The maximum absolute atomic E-state index is 14.4. The van der Waals surface area contributed by atoms with Gasteiger partial charge >= 0.3 is 0 Å². The number of anilines is 1. The fourth-order valence-corrected chi connectivity index (χ4v) is 4.24. The van der Waals surface area contributed by atoms with E-state index in [4.69, 9.17) is 10.4 Å². The molecule has 1 aliphatic heterocycles. The zero-order valence-corrected chi connectivity index (χ0v) is 17.8. The SMILES string of the molecule is Cn1cc2cc(-n3nc(NCC4CCNCC4)cc3-c3ccc(C#N)c(F)c3)ccc2n1. The molecule has 0 atom stereocenters. The van der Waals surface area contributed by atoms with Gasteiger partial charge in [0.25, 0.3) is 0 Å². The van der Waals surface area contributed by atoms with Gasteiger partial charge in [0, 0.05) is 36.8 Å². The maximum Gasteiger partial charge on any atom is 0.149 e. The third-order valence-corrected chi connectivity index (χ3v) is 5.97. The quantitative estimate of drug-likeness (QED) is 0.504. The Morgan fingerprint density at radius 3 is 2.78 bits per heavy atom. The van der Waals surface area contributed by atoms with E-state index in [-0.39, 0.29) is 5.56 Å². The molecule has 2 aromatic heterocycles. The molecule has 4 aromatic rings. The summed E-state index contributed by atoms with van der Waals surface area (Å²) in [4.78, 5) is 0. The average Bonchev–Trinajstić information content (AvgIpc) is 3.40. The minimum Gasteiger partial charge on any atom is -0.368 e. The van der Waals surface area contributed by atoms with E-state index < -0.39 is 5.82 Å². The molecule has 5 rings (SSSR count). The first-order valence-corrected chi connectivity index (χ1v) is 10.8. The summed E-state index contributed by atoms with van der Waals surface area (Å²) in [6.45, 7) is 2.94. The van der Waals surface area contributed by atoms with E-state index in [9.17, 15) is 4.39 Å². The van der Waals surface area contributed by atoms with E-state index in [0.717, 1.165) is 60.6 Å². The van der Waals surface area contributed by atoms with Crippen molar-refractivity contribution in [3.63, 3.8) is 0 Å². The van der Waals surface area contributed by atoms with E-state index in [2.05, 4.69) is 15.7 Å². The van der Waals surface area contributed by atoms with Crippen LogP contribution in [0.1, 0.15) is 18.4 Å². The monoisotopic (exact) mass is 429 g/mol. The van der Waals surface area contributed by atoms with Crippen LogP contribution >= 0.6 is 0 Å². The fourth-order valence-electron chi connectivity index (χ4n) is 4.24. The Balaban J connectivity index is 1.54. The lowest BCUT2D eigenvalue weighted by Crippen LogP contribution is -2.31. The predicted molar refractivity (Wildman–Crippen MR) is 122 cm³/mol. The largest absolute Gasteiger partial charge is 0.368 e. The maximum atomic E-state index is 14.4. The molecule has 1 aliphatic rings. The van der Waals surface area contributed by atoms with Crippen LogP contribution in [0.5, 0.6) is 0 Å². The molecule has 2 aromatic carbocycles. The number of benzene rings is 2. The molecule has 0 unspecified atom stereocenters. The second kappa shape index (κ2) is 8.44. The molecule has 3 heterocycles. The summed E-state index contributed by atoms with van der Waals surface area (Å²) in [7, 11) is 1.89. The normalized spacial score (nSPS) is 14.5. The van der Waals surface area contributed by atoms with Crippen molar-refractivity contribution in [1.29, 1.82) is 5.26 Å². The summed E-state index contributed by atoms with van der Waals surface area (Å²) in [5, 5.41) is 26.2. The molecule has 0 amide bonds. The lowest BCUT2D eigenvalue weighted by molar-refractivity contribution is 0.389. The second-order valence-corrected chi connectivity index (χ2v) is 8.25. The van der Waals surface area contributed by atoms with Crippen LogP contribution in [0.4, 0.5) is 10.2 Å². The molecule has 1 saturated heterocycles. The lowest BCUT2D eigenvalue weighted by Gasteiger charge is -2.22. The van der Waals surface area contributed by atoms with Gasteiger partial charge in [-0.15, -0.1) is 5.10 Å². The van der Waals surface area contributed by atoms with Gasteiger partial charge in [0.2, 0.25) is 0 Å². The van der Waals surface area contributed by atoms with E-state index in [1.54, 1.807) is 10.7 Å². The summed E-state index contributed by atoms with van der Waals surface area (Å²) in [6, 6.07) is 14.4. The van der Waals surface area contributed by atoms with Crippen molar-refractivity contribution < 1.29 is 4.39 Å². The highest BCUT2D eigenvalue weighted by Crippen LogP contribution is 2.29. The molecule has 7 nitrogen and oxygen atoms in total. The average molecular weight is 430 g/mol. The Hall–Kier alpha value is -3.70. The lowest BCUT2D eigenvalue weighted by atomic mass is 9.98. The van der Waals surface area contributed by atoms with Crippen LogP contribution in [-0.4, -0.2) is 39.2 Å². The zero-order chi connectivity index (χ0) is 22.1. The molecule has 2 N–H and O–H groups in total. The van der Waals surface area contributed by atoms with Crippen molar-refractivity contribution in [3.8, 4) is 23.0 Å². The van der Waals surface area contributed by atoms with Crippen LogP contribution in [0.3, 0.4) is 0 Å². The predicted octanol–water partition coefficient (Wildman–Crippen LogP) is 3.85. The summed E-state index contributed by atoms with van der Waals surface area (Å²) in [5.41, 5.74) is 3.21. The highest BCUT2D eigenvalue weighted by molar-refractivity contribution is 5.81. The summed E-state index contributed by atoms with van der Waals surface area (Å²) in [6.07, 6.45) is 4.23. The van der Waals surface area contributed by atoms with E-state index in [1.807, 2.05) is 48.3 Å². The van der Waals surface area contributed by atoms with Crippen LogP contribution in [0.2, 0.25) is 0 Å². The molecule has 0 radical (unpaired) electrons. The van der Waals surface area contributed by atoms with Crippen LogP contribution in [0, 0.1) is 23.1 Å². The van der Waals surface area contributed by atoms with Gasteiger partial charge in [-0.1, -0.05) is 6.07 Å². The van der Waals surface area contributed by atoms with Gasteiger partial charge in [-0.3, -0.25) is 4.68 Å². The highest BCUT2D eigenvalue weighted by Gasteiger charge is 2.17. The summed E-state index contributed by atoms with van der Waals surface area (Å²) >= 11 is 0. The van der Waals surface area contributed by atoms with Crippen molar-refractivity contribution in [2.45, 2.75) is 12.8 Å². The fraction of sp³-hybridized carbons (Fsp3) is 0.292. The van der Waals surface area contributed by atoms with Crippen LogP contribution in [-0.2, 0) is 7.05 Å². The van der Waals surface area contributed by atoms with Crippen LogP contribution < -0.4 is 10.6 Å². The van der Waals surface area contributed by atoms with Gasteiger partial charge in [-0.2, -0.15) is 10.4 Å². The number of rotatable bonds is 5. The van der Waals surface area contributed by atoms with Gasteiger partial charge in [-0.05, 0) is 62.2 Å². The Bertz CT molecular complexity index is 1310. The number of nitrogens with one attached hydrogen (secondary N) is 2. The number of halogens is 1. The topological polar surface area (TPSA) is 83.5 Å². The minimum atomic E-state index is -0.537. The summed E-state index contributed by atoms with van der Waals surface area (Å²) in [5.74, 6) is 0.809. The number of fused-ring (bicyclic) bond motifs is 1. The van der Waals surface area contributed by atoms with Crippen molar-refractivity contribution >= 4 is 16.7 Å². The second-order valence-electron chi connectivity index (χ2n) is 8.25. The molecular formula is C24H24FN7. The molecule has 0 bridgehead atoms. The Labute approximate surface area is 185 Å².